The molecule has 1 aromatic heterocycles. The molecule has 35 heavy (non-hydrogen) atoms. The number of hydrogen-bond acceptors (Lipinski definition) is 2. The number of benzene rings is 5. The summed E-state index contributed by atoms with van der Waals surface area (Å²) in [5.74, 6) is 0. The predicted octanol–water partition coefficient (Wildman–Crippen LogP) is 9.36. The van der Waals surface area contributed by atoms with Crippen molar-refractivity contribution in [2.24, 2.45) is 0 Å². The fourth-order valence-corrected chi connectivity index (χ4v) is 5.70. The van der Waals surface area contributed by atoms with Crippen LogP contribution < -0.4 is 4.90 Å². The highest BCUT2D eigenvalue weighted by molar-refractivity contribution is 6.08. The van der Waals surface area contributed by atoms with Gasteiger partial charge in [0.2, 0.25) is 0 Å². The molecule has 1 heterocycles. The lowest BCUT2D eigenvalue weighted by atomic mass is 9.82. The lowest BCUT2D eigenvalue weighted by Gasteiger charge is -2.25. The van der Waals surface area contributed by atoms with Crippen LogP contribution in [-0.4, -0.2) is 0 Å². The van der Waals surface area contributed by atoms with Crippen molar-refractivity contribution in [3.8, 4) is 11.1 Å². The van der Waals surface area contributed by atoms with Gasteiger partial charge in [0.1, 0.15) is 11.2 Å². The molecule has 6 aromatic rings. The summed E-state index contributed by atoms with van der Waals surface area (Å²) in [5.41, 5.74) is 10.5. The summed E-state index contributed by atoms with van der Waals surface area (Å²) < 4.78 is 6.51. The second-order valence-corrected chi connectivity index (χ2v) is 9.85. The molecule has 5 aromatic carbocycles. The van der Waals surface area contributed by atoms with Crippen LogP contribution in [-0.2, 0) is 5.41 Å². The zero-order chi connectivity index (χ0) is 23.6. The summed E-state index contributed by atoms with van der Waals surface area (Å²) in [4.78, 5) is 2.27. The number of fused-ring (bicyclic) bond motifs is 6. The van der Waals surface area contributed by atoms with E-state index in [4.69, 9.17) is 4.42 Å². The van der Waals surface area contributed by atoms with Crippen molar-refractivity contribution in [1.29, 1.82) is 0 Å². The van der Waals surface area contributed by atoms with Gasteiger partial charge in [-0.1, -0.05) is 74.5 Å². The average Bonchev–Trinajstić information content (AvgIpc) is 3.36. The van der Waals surface area contributed by atoms with Gasteiger partial charge in [-0.15, -0.1) is 0 Å². The molecule has 2 nitrogen and oxygen atoms in total. The topological polar surface area (TPSA) is 16.4 Å². The molecule has 0 atom stereocenters. The Morgan fingerprint density at radius 3 is 1.86 bits per heavy atom. The van der Waals surface area contributed by atoms with Gasteiger partial charge >= 0.3 is 0 Å². The Labute approximate surface area is 205 Å². The standard InChI is InChI=1S/C33H25NO/c1-33(2)29-16-10-9-15-25(29)27-20-28-26-18-17-24(19-31(26)35-32(28)21-30(27)33)34(22-11-5-3-6-12-22)23-13-7-4-8-14-23/h3-21H,1-2H3. The van der Waals surface area contributed by atoms with Crippen LogP contribution in [0.4, 0.5) is 17.1 Å². The lowest BCUT2D eigenvalue weighted by molar-refractivity contribution is 0.647. The normalized spacial score (nSPS) is 13.7. The maximum Gasteiger partial charge on any atom is 0.137 e. The number of furan rings is 1. The molecule has 0 fully saturated rings. The van der Waals surface area contributed by atoms with Crippen LogP contribution >= 0.6 is 0 Å². The molecule has 0 bridgehead atoms. The molecule has 0 spiro atoms. The van der Waals surface area contributed by atoms with Crippen LogP contribution in [0.5, 0.6) is 0 Å². The molecular weight excluding hydrogens is 426 g/mol. The number of rotatable bonds is 3. The molecule has 0 radical (unpaired) electrons. The molecular formula is C33H25NO. The maximum absolute atomic E-state index is 6.51. The Balaban J connectivity index is 1.43. The summed E-state index contributed by atoms with van der Waals surface area (Å²) in [6.45, 7) is 4.61. The van der Waals surface area contributed by atoms with Crippen LogP contribution in [0.25, 0.3) is 33.1 Å². The summed E-state index contributed by atoms with van der Waals surface area (Å²) in [7, 11) is 0. The van der Waals surface area contributed by atoms with Crippen molar-refractivity contribution in [3.05, 3.63) is 126 Å². The monoisotopic (exact) mass is 451 g/mol. The van der Waals surface area contributed by atoms with E-state index in [1.54, 1.807) is 0 Å². The summed E-state index contributed by atoms with van der Waals surface area (Å²) in [6, 6.07) is 40.9. The number of hydrogen-bond donors (Lipinski definition) is 0. The van der Waals surface area contributed by atoms with E-state index >= 15 is 0 Å². The molecule has 1 aliphatic rings. The van der Waals surface area contributed by atoms with Crippen LogP contribution in [0, 0.1) is 0 Å². The van der Waals surface area contributed by atoms with Gasteiger partial charge in [-0.3, -0.25) is 0 Å². The van der Waals surface area contributed by atoms with Crippen molar-refractivity contribution in [2.75, 3.05) is 4.90 Å². The van der Waals surface area contributed by atoms with Crippen molar-refractivity contribution in [2.45, 2.75) is 19.3 Å². The third kappa shape index (κ3) is 2.96. The van der Waals surface area contributed by atoms with E-state index in [9.17, 15) is 0 Å². The fraction of sp³-hybridized carbons (Fsp3) is 0.0909. The van der Waals surface area contributed by atoms with Gasteiger partial charge in [0, 0.05) is 39.3 Å². The van der Waals surface area contributed by atoms with E-state index in [1.807, 2.05) is 12.1 Å². The summed E-state index contributed by atoms with van der Waals surface area (Å²) in [6.07, 6.45) is 0. The van der Waals surface area contributed by atoms with Crippen LogP contribution in [0.3, 0.4) is 0 Å². The van der Waals surface area contributed by atoms with Gasteiger partial charge in [-0.2, -0.15) is 0 Å². The van der Waals surface area contributed by atoms with E-state index in [1.165, 1.54) is 27.6 Å². The largest absolute Gasteiger partial charge is 0.456 e. The number of nitrogens with zero attached hydrogens (tertiary/aromatic N) is 1. The molecule has 0 N–H and O–H groups in total. The van der Waals surface area contributed by atoms with Crippen molar-refractivity contribution < 1.29 is 4.42 Å². The van der Waals surface area contributed by atoms with Gasteiger partial charge in [0.05, 0.1) is 0 Å². The Morgan fingerprint density at radius 2 is 1.14 bits per heavy atom. The Kier molecular flexibility index (Phi) is 4.22. The first-order valence-corrected chi connectivity index (χ1v) is 12.1. The molecule has 0 amide bonds. The quantitative estimate of drug-likeness (QED) is 0.266. The first-order valence-electron chi connectivity index (χ1n) is 12.1. The van der Waals surface area contributed by atoms with Crippen LogP contribution in [0.15, 0.2) is 120 Å². The Morgan fingerprint density at radius 1 is 0.514 bits per heavy atom. The zero-order valence-electron chi connectivity index (χ0n) is 19.8. The van der Waals surface area contributed by atoms with E-state index in [0.29, 0.717) is 0 Å². The fourth-order valence-electron chi connectivity index (χ4n) is 5.70. The molecule has 2 heteroatoms. The Hall–Kier alpha value is -4.30. The minimum Gasteiger partial charge on any atom is -0.456 e. The van der Waals surface area contributed by atoms with Gasteiger partial charge in [-0.05, 0) is 70.8 Å². The van der Waals surface area contributed by atoms with Crippen molar-refractivity contribution in [1.82, 2.24) is 0 Å². The highest BCUT2D eigenvalue weighted by Crippen LogP contribution is 2.50. The predicted molar refractivity (Wildman–Crippen MR) is 146 cm³/mol. The van der Waals surface area contributed by atoms with E-state index in [2.05, 4.69) is 122 Å². The number of para-hydroxylation sites is 2. The Bertz CT molecular complexity index is 1670. The molecule has 1 aliphatic carbocycles. The highest BCUT2D eigenvalue weighted by atomic mass is 16.3. The maximum atomic E-state index is 6.51. The molecule has 7 rings (SSSR count). The third-order valence-corrected chi connectivity index (χ3v) is 7.45. The summed E-state index contributed by atoms with van der Waals surface area (Å²) in [5, 5.41) is 2.32. The highest BCUT2D eigenvalue weighted by Gasteiger charge is 2.36. The SMILES string of the molecule is CC1(C)c2ccccc2-c2cc3c(cc21)oc1cc(N(c2ccccc2)c2ccccc2)ccc13. The van der Waals surface area contributed by atoms with Crippen LogP contribution in [0.2, 0.25) is 0 Å². The molecule has 0 aliphatic heterocycles. The van der Waals surface area contributed by atoms with Gasteiger partial charge in [0.25, 0.3) is 0 Å². The number of anilines is 3. The molecule has 0 unspecified atom stereocenters. The van der Waals surface area contributed by atoms with Crippen molar-refractivity contribution in [3.63, 3.8) is 0 Å². The third-order valence-electron chi connectivity index (χ3n) is 7.45. The van der Waals surface area contributed by atoms with Gasteiger partial charge < -0.3 is 9.32 Å². The van der Waals surface area contributed by atoms with E-state index in [0.717, 1.165) is 33.6 Å². The van der Waals surface area contributed by atoms with Crippen LogP contribution in [0.1, 0.15) is 25.0 Å². The first-order chi connectivity index (χ1) is 17.1. The second-order valence-electron chi connectivity index (χ2n) is 9.85. The van der Waals surface area contributed by atoms with E-state index in [-0.39, 0.29) is 5.41 Å². The smallest absolute Gasteiger partial charge is 0.137 e. The average molecular weight is 452 g/mol. The van der Waals surface area contributed by atoms with E-state index < -0.39 is 0 Å². The second kappa shape index (κ2) is 7.35. The molecule has 0 saturated heterocycles. The van der Waals surface area contributed by atoms with Gasteiger partial charge in [-0.25, -0.2) is 0 Å². The molecule has 0 saturated carbocycles. The minimum atomic E-state index is -0.0400. The van der Waals surface area contributed by atoms with Crippen molar-refractivity contribution >= 4 is 39.0 Å². The van der Waals surface area contributed by atoms with Gasteiger partial charge in [0.15, 0.2) is 0 Å². The zero-order valence-corrected chi connectivity index (χ0v) is 19.8. The lowest BCUT2D eigenvalue weighted by Crippen LogP contribution is -2.14. The summed E-state index contributed by atoms with van der Waals surface area (Å²) >= 11 is 0. The minimum absolute atomic E-state index is 0.0400. The first kappa shape index (κ1) is 20.1. The molecule has 168 valence electrons.